The maximum absolute atomic E-state index is 12.9. The van der Waals surface area contributed by atoms with Gasteiger partial charge in [0, 0.05) is 0 Å². The predicted molar refractivity (Wildman–Crippen MR) is 118 cm³/mol. The Kier molecular flexibility index (Phi) is 4.75. The standard InChI is InChI=1S/C24H18N4O5/c1-30-15-7-3-5-13(9-15)10-18-23(29)32-21-17(12-25)19(14-6-4-8-16(11-14)31-2)20-22(28(18)21)33-24(26)27-20/h3-11,19H,1-2H3,(H2,26,27)/b18-10+/t19-/m1/s1. The number of nitriles is 1. The summed E-state index contributed by atoms with van der Waals surface area (Å²) in [5, 5.41) is 10.2. The van der Waals surface area contributed by atoms with E-state index in [0.29, 0.717) is 28.3 Å². The quantitative estimate of drug-likeness (QED) is 0.505. The average Bonchev–Trinajstić information content (AvgIpc) is 3.37. The third-order valence-corrected chi connectivity index (χ3v) is 5.43. The molecule has 0 fully saturated rings. The Morgan fingerprint density at radius 1 is 1.12 bits per heavy atom. The molecule has 1 atom stereocenters. The zero-order chi connectivity index (χ0) is 23.1. The molecular formula is C24H18N4O5. The molecule has 33 heavy (non-hydrogen) atoms. The van der Waals surface area contributed by atoms with Crippen LogP contribution in [0.1, 0.15) is 22.7 Å². The smallest absolute Gasteiger partial charge is 0.362 e. The van der Waals surface area contributed by atoms with Gasteiger partial charge in [0.25, 0.3) is 6.01 Å². The van der Waals surface area contributed by atoms with E-state index in [-0.39, 0.29) is 28.4 Å². The van der Waals surface area contributed by atoms with E-state index in [1.165, 1.54) is 4.57 Å². The van der Waals surface area contributed by atoms with Crippen LogP contribution in [0.4, 0.5) is 6.01 Å². The lowest BCUT2D eigenvalue weighted by Crippen LogP contribution is -2.35. The van der Waals surface area contributed by atoms with Crippen LogP contribution in [0.3, 0.4) is 0 Å². The number of nitrogen functional groups attached to an aromatic ring is 1. The minimum Gasteiger partial charge on any atom is -0.497 e. The summed E-state index contributed by atoms with van der Waals surface area (Å²) in [6, 6.07) is 16.5. The first-order valence-corrected chi connectivity index (χ1v) is 9.96. The van der Waals surface area contributed by atoms with Crippen LogP contribution in [0, 0.1) is 11.3 Å². The Labute approximate surface area is 187 Å². The second-order valence-electron chi connectivity index (χ2n) is 7.31. The lowest BCUT2D eigenvalue weighted by Gasteiger charge is -2.19. The first kappa shape index (κ1) is 20.2. The van der Waals surface area contributed by atoms with Crippen molar-refractivity contribution in [1.82, 2.24) is 9.55 Å². The predicted octanol–water partition coefficient (Wildman–Crippen LogP) is 1.67. The highest BCUT2D eigenvalue weighted by atomic mass is 16.5. The van der Waals surface area contributed by atoms with Gasteiger partial charge in [-0.15, -0.1) is 0 Å². The van der Waals surface area contributed by atoms with E-state index in [0.717, 1.165) is 0 Å². The Morgan fingerprint density at radius 3 is 2.58 bits per heavy atom. The maximum Gasteiger partial charge on any atom is 0.362 e. The highest BCUT2D eigenvalue weighted by Gasteiger charge is 2.36. The van der Waals surface area contributed by atoms with Gasteiger partial charge in [-0.05, 0) is 41.5 Å². The van der Waals surface area contributed by atoms with Crippen molar-refractivity contribution in [2.24, 2.45) is 0 Å². The molecule has 0 aliphatic carbocycles. The van der Waals surface area contributed by atoms with E-state index in [1.807, 2.05) is 12.1 Å². The molecule has 1 aliphatic rings. The van der Waals surface area contributed by atoms with E-state index < -0.39 is 11.5 Å². The Morgan fingerprint density at radius 2 is 1.85 bits per heavy atom. The van der Waals surface area contributed by atoms with Crippen LogP contribution in [0.15, 0.2) is 62.2 Å². The highest BCUT2D eigenvalue weighted by Crippen LogP contribution is 2.38. The number of nitrogens with zero attached hydrogens (tertiary/aromatic N) is 3. The summed E-state index contributed by atoms with van der Waals surface area (Å²) in [5.41, 5.74) is 7.35. The summed E-state index contributed by atoms with van der Waals surface area (Å²) in [7, 11) is 3.11. The van der Waals surface area contributed by atoms with Crippen molar-refractivity contribution >= 4 is 17.7 Å². The maximum atomic E-state index is 12.9. The molecule has 5 rings (SSSR count). The van der Waals surface area contributed by atoms with Crippen molar-refractivity contribution in [2.75, 3.05) is 20.0 Å². The fourth-order valence-electron chi connectivity index (χ4n) is 3.98. The van der Waals surface area contributed by atoms with E-state index in [1.54, 1.807) is 56.7 Å². The molecule has 2 N–H and O–H groups in total. The number of oxazole rings is 2. The van der Waals surface area contributed by atoms with Gasteiger partial charge < -0.3 is 24.0 Å². The summed E-state index contributed by atoms with van der Waals surface area (Å²) >= 11 is 0. The fourth-order valence-corrected chi connectivity index (χ4v) is 3.98. The zero-order valence-corrected chi connectivity index (χ0v) is 17.7. The molecule has 2 aromatic heterocycles. The zero-order valence-electron chi connectivity index (χ0n) is 17.7. The summed E-state index contributed by atoms with van der Waals surface area (Å²) < 4.78 is 23.3. The SMILES string of the molecule is COc1cccc(/C=c2\c(=O)oc3n2-c2oc(N)nc2[C@H](c2cccc(OC)c2)C=3C#N)c1. The summed E-state index contributed by atoms with van der Waals surface area (Å²) in [6.07, 6.45) is 1.63. The van der Waals surface area contributed by atoms with Crippen LogP contribution in [0.25, 0.3) is 17.5 Å². The number of nitrogens with two attached hydrogens (primary N) is 1. The van der Waals surface area contributed by atoms with E-state index >= 15 is 0 Å². The van der Waals surface area contributed by atoms with E-state index in [9.17, 15) is 10.1 Å². The lowest BCUT2D eigenvalue weighted by atomic mass is 9.87. The molecule has 0 saturated carbocycles. The van der Waals surface area contributed by atoms with Gasteiger partial charge >= 0.3 is 5.63 Å². The van der Waals surface area contributed by atoms with Gasteiger partial charge in [0.2, 0.25) is 11.4 Å². The molecule has 0 amide bonds. The van der Waals surface area contributed by atoms with Gasteiger partial charge in [0.05, 0.1) is 20.1 Å². The molecule has 3 heterocycles. The van der Waals surface area contributed by atoms with Gasteiger partial charge in [0.15, 0.2) is 0 Å². The van der Waals surface area contributed by atoms with Crippen molar-refractivity contribution in [1.29, 1.82) is 5.26 Å². The van der Waals surface area contributed by atoms with Crippen LogP contribution in [-0.4, -0.2) is 23.8 Å². The molecule has 0 spiro atoms. The van der Waals surface area contributed by atoms with E-state index in [4.69, 9.17) is 24.0 Å². The van der Waals surface area contributed by atoms with Crippen molar-refractivity contribution in [3.05, 3.63) is 86.7 Å². The minimum atomic E-state index is -0.656. The van der Waals surface area contributed by atoms with Crippen molar-refractivity contribution in [3.8, 4) is 23.5 Å². The lowest BCUT2D eigenvalue weighted by molar-refractivity contribution is 0.414. The topological polar surface area (TPSA) is 129 Å². The van der Waals surface area contributed by atoms with Gasteiger partial charge in [0.1, 0.15) is 34.2 Å². The molecular weight excluding hydrogens is 424 g/mol. The fraction of sp³-hybridized carbons (Fsp3) is 0.125. The van der Waals surface area contributed by atoms with Gasteiger partial charge in [-0.1, -0.05) is 24.3 Å². The third kappa shape index (κ3) is 3.25. The second-order valence-corrected chi connectivity index (χ2v) is 7.31. The second kappa shape index (κ2) is 7.76. The molecule has 0 radical (unpaired) electrons. The number of methoxy groups -OCH3 is 2. The van der Waals surface area contributed by atoms with Crippen LogP contribution < -0.4 is 31.7 Å². The summed E-state index contributed by atoms with van der Waals surface area (Å²) in [4.78, 5) is 17.2. The number of hydrogen-bond acceptors (Lipinski definition) is 8. The number of rotatable bonds is 4. The Bertz CT molecular complexity index is 1600. The molecule has 2 aromatic carbocycles. The summed E-state index contributed by atoms with van der Waals surface area (Å²) in [5.74, 6) is 0.800. The first-order valence-electron chi connectivity index (χ1n) is 9.96. The van der Waals surface area contributed by atoms with E-state index in [2.05, 4.69) is 11.1 Å². The number of fused-ring (bicyclic) bond motifs is 3. The van der Waals surface area contributed by atoms with Crippen LogP contribution in [0.5, 0.6) is 11.5 Å². The first-order chi connectivity index (χ1) is 16.0. The van der Waals surface area contributed by atoms with Crippen LogP contribution in [0.2, 0.25) is 0 Å². The number of ether oxygens (including phenoxy) is 2. The number of aromatic nitrogens is 2. The molecule has 0 bridgehead atoms. The number of hydrogen-bond donors (Lipinski definition) is 1. The van der Waals surface area contributed by atoms with Crippen LogP contribution in [-0.2, 0) is 0 Å². The van der Waals surface area contributed by atoms with Crippen molar-refractivity contribution < 1.29 is 18.3 Å². The highest BCUT2D eigenvalue weighted by molar-refractivity contribution is 5.73. The molecule has 0 unspecified atom stereocenters. The third-order valence-electron chi connectivity index (χ3n) is 5.43. The van der Waals surface area contributed by atoms with Gasteiger partial charge in [-0.25, -0.2) is 9.36 Å². The molecule has 9 heteroatoms. The molecule has 9 nitrogen and oxygen atoms in total. The van der Waals surface area contributed by atoms with Crippen molar-refractivity contribution in [2.45, 2.75) is 5.92 Å². The minimum absolute atomic E-state index is 0.0631. The van der Waals surface area contributed by atoms with Gasteiger partial charge in [-0.2, -0.15) is 10.2 Å². The number of anilines is 1. The molecule has 164 valence electrons. The average molecular weight is 442 g/mol. The largest absolute Gasteiger partial charge is 0.497 e. The van der Waals surface area contributed by atoms with Crippen LogP contribution >= 0.6 is 0 Å². The normalized spacial score (nSPS) is 15.0. The van der Waals surface area contributed by atoms with Crippen molar-refractivity contribution in [3.63, 3.8) is 0 Å². The Hall–Kier alpha value is -4.71. The molecule has 1 aliphatic heterocycles. The monoisotopic (exact) mass is 442 g/mol. The summed E-state index contributed by atoms with van der Waals surface area (Å²) in [6.45, 7) is 0. The Balaban J connectivity index is 1.85. The van der Waals surface area contributed by atoms with Gasteiger partial charge in [-0.3, -0.25) is 0 Å². The molecule has 0 saturated heterocycles. The number of benzene rings is 2. The molecule has 4 aromatic rings.